The highest BCUT2D eigenvalue weighted by atomic mass is 16.5. The lowest BCUT2D eigenvalue weighted by Crippen LogP contribution is -2.53. The van der Waals surface area contributed by atoms with Gasteiger partial charge in [-0.3, -0.25) is 9.69 Å². The van der Waals surface area contributed by atoms with E-state index in [1.54, 1.807) is 0 Å². The Morgan fingerprint density at radius 1 is 1.05 bits per heavy atom. The molecule has 1 fully saturated rings. The molecule has 19 heavy (non-hydrogen) atoms. The lowest BCUT2D eigenvalue weighted by molar-refractivity contribution is -0.148. The molecule has 0 heterocycles. The van der Waals surface area contributed by atoms with Gasteiger partial charge in [-0.25, -0.2) is 0 Å². The SMILES string of the molecule is CCOC(=O)CC1(N(CC)CC)CCC(C)(C)CC1. The molecule has 1 rings (SSSR count). The quantitative estimate of drug-likeness (QED) is 0.690. The molecule has 0 atom stereocenters. The average Bonchev–Trinajstić information content (AvgIpc) is 2.35. The van der Waals surface area contributed by atoms with Crippen molar-refractivity contribution in [3.05, 3.63) is 0 Å². The van der Waals surface area contributed by atoms with Gasteiger partial charge in [0.25, 0.3) is 0 Å². The Balaban J connectivity index is 2.83. The Morgan fingerprint density at radius 2 is 1.58 bits per heavy atom. The lowest BCUT2D eigenvalue weighted by Gasteiger charge is -2.49. The van der Waals surface area contributed by atoms with Crippen LogP contribution in [-0.4, -0.2) is 36.1 Å². The first-order valence-corrected chi connectivity index (χ1v) is 7.80. The molecule has 0 aromatic rings. The predicted molar refractivity (Wildman–Crippen MR) is 79.2 cm³/mol. The average molecular weight is 269 g/mol. The van der Waals surface area contributed by atoms with Crippen LogP contribution < -0.4 is 0 Å². The van der Waals surface area contributed by atoms with Crippen LogP contribution in [0.15, 0.2) is 0 Å². The van der Waals surface area contributed by atoms with Gasteiger partial charge in [0.1, 0.15) is 0 Å². The van der Waals surface area contributed by atoms with E-state index in [2.05, 4.69) is 32.6 Å². The van der Waals surface area contributed by atoms with Crippen molar-refractivity contribution in [2.75, 3.05) is 19.7 Å². The van der Waals surface area contributed by atoms with Crippen molar-refractivity contribution in [2.24, 2.45) is 5.41 Å². The lowest BCUT2D eigenvalue weighted by atomic mass is 9.67. The minimum absolute atomic E-state index is 0.0330. The molecule has 112 valence electrons. The maximum Gasteiger partial charge on any atom is 0.307 e. The van der Waals surface area contributed by atoms with Gasteiger partial charge in [0, 0.05) is 5.54 Å². The van der Waals surface area contributed by atoms with Crippen molar-refractivity contribution in [3.63, 3.8) is 0 Å². The van der Waals surface area contributed by atoms with Gasteiger partial charge >= 0.3 is 5.97 Å². The van der Waals surface area contributed by atoms with Crippen LogP contribution in [0.1, 0.15) is 66.7 Å². The fourth-order valence-electron chi connectivity index (χ4n) is 3.37. The molecule has 0 radical (unpaired) electrons. The van der Waals surface area contributed by atoms with Gasteiger partial charge in [-0.1, -0.05) is 27.7 Å². The molecule has 3 nitrogen and oxygen atoms in total. The molecule has 1 aliphatic carbocycles. The molecule has 0 aromatic heterocycles. The number of ether oxygens (including phenoxy) is 1. The third-order valence-electron chi connectivity index (χ3n) is 4.75. The van der Waals surface area contributed by atoms with E-state index in [0.29, 0.717) is 18.4 Å². The zero-order valence-corrected chi connectivity index (χ0v) is 13.4. The molecule has 0 bridgehead atoms. The predicted octanol–water partition coefficient (Wildman–Crippen LogP) is 3.62. The number of carbonyl (C=O) groups excluding carboxylic acids is 1. The maximum absolute atomic E-state index is 12.0. The van der Waals surface area contributed by atoms with E-state index in [9.17, 15) is 4.79 Å². The molecule has 1 aliphatic rings. The van der Waals surface area contributed by atoms with Gasteiger partial charge in [0.15, 0.2) is 0 Å². The first-order valence-electron chi connectivity index (χ1n) is 7.80. The summed E-state index contributed by atoms with van der Waals surface area (Å²) in [5, 5.41) is 0. The third kappa shape index (κ3) is 4.20. The molecule has 0 N–H and O–H groups in total. The highest BCUT2D eigenvalue weighted by Gasteiger charge is 2.43. The van der Waals surface area contributed by atoms with E-state index >= 15 is 0 Å². The molecule has 1 saturated carbocycles. The monoisotopic (exact) mass is 269 g/mol. The molecule has 0 saturated heterocycles. The summed E-state index contributed by atoms with van der Waals surface area (Å²) in [5.74, 6) is -0.0332. The second-order valence-corrected chi connectivity index (χ2v) is 6.54. The van der Waals surface area contributed by atoms with Crippen molar-refractivity contribution in [1.82, 2.24) is 4.90 Å². The number of nitrogens with zero attached hydrogens (tertiary/aromatic N) is 1. The summed E-state index contributed by atoms with van der Waals surface area (Å²) >= 11 is 0. The fraction of sp³-hybridized carbons (Fsp3) is 0.938. The van der Waals surface area contributed by atoms with E-state index in [1.807, 2.05) is 6.92 Å². The highest BCUT2D eigenvalue weighted by Crippen LogP contribution is 2.44. The molecule has 0 spiro atoms. The number of hydrogen-bond donors (Lipinski definition) is 0. The zero-order chi connectivity index (χ0) is 14.5. The van der Waals surface area contributed by atoms with E-state index < -0.39 is 0 Å². The van der Waals surface area contributed by atoms with Crippen LogP contribution in [0.4, 0.5) is 0 Å². The van der Waals surface area contributed by atoms with Crippen molar-refractivity contribution >= 4 is 5.97 Å². The first-order chi connectivity index (χ1) is 8.89. The van der Waals surface area contributed by atoms with Crippen LogP contribution >= 0.6 is 0 Å². The van der Waals surface area contributed by atoms with Crippen LogP contribution in [0, 0.1) is 5.41 Å². The van der Waals surface area contributed by atoms with Crippen LogP contribution in [-0.2, 0) is 9.53 Å². The van der Waals surface area contributed by atoms with Crippen LogP contribution in [0.25, 0.3) is 0 Å². The number of esters is 1. The fourth-order valence-corrected chi connectivity index (χ4v) is 3.37. The zero-order valence-electron chi connectivity index (χ0n) is 13.4. The van der Waals surface area contributed by atoms with Crippen molar-refractivity contribution in [1.29, 1.82) is 0 Å². The number of rotatable bonds is 6. The van der Waals surface area contributed by atoms with E-state index in [1.165, 1.54) is 12.8 Å². The Bertz CT molecular complexity index is 285. The minimum Gasteiger partial charge on any atom is -0.466 e. The van der Waals surface area contributed by atoms with Crippen molar-refractivity contribution < 1.29 is 9.53 Å². The van der Waals surface area contributed by atoms with Crippen LogP contribution in [0.3, 0.4) is 0 Å². The Hall–Kier alpha value is -0.570. The van der Waals surface area contributed by atoms with Gasteiger partial charge in [0.2, 0.25) is 0 Å². The van der Waals surface area contributed by atoms with Gasteiger partial charge in [-0.05, 0) is 51.1 Å². The standard InChI is InChI=1S/C16H31NO2/c1-6-17(7-2)16(13-14(18)19-8-3)11-9-15(4,5)10-12-16/h6-13H2,1-5H3. The summed E-state index contributed by atoms with van der Waals surface area (Å²) in [4.78, 5) is 14.4. The van der Waals surface area contributed by atoms with Gasteiger partial charge in [-0.15, -0.1) is 0 Å². The maximum atomic E-state index is 12.0. The van der Waals surface area contributed by atoms with Gasteiger partial charge in [0.05, 0.1) is 13.0 Å². The molecular formula is C16H31NO2. The molecular weight excluding hydrogens is 238 g/mol. The second-order valence-electron chi connectivity index (χ2n) is 6.54. The normalized spacial score (nSPS) is 21.4. The minimum atomic E-state index is -0.0332. The summed E-state index contributed by atoms with van der Waals surface area (Å²) in [6.07, 6.45) is 5.17. The summed E-state index contributed by atoms with van der Waals surface area (Å²) in [7, 11) is 0. The smallest absolute Gasteiger partial charge is 0.307 e. The van der Waals surface area contributed by atoms with Crippen LogP contribution in [0.2, 0.25) is 0 Å². The first kappa shape index (κ1) is 16.5. The number of hydrogen-bond acceptors (Lipinski definition) is 3. The van der Waals surface area contributed by atoms with Crippen LogP contribution in [0.5, 0.6) is 0 Å². The highest BCUT2D eigenvalue weighted by molar-refractivity contribution is 5.71. The molecule has 0 unspecified atom stereocenters. The summed E-state index contributed by atoms with van der Waals surface area (Å²) in [5.41, 5.74) is 0.455. The topological polar surface area (TPSA) is 29.5 Å². The van der Waals surface area contributed by atoms with Crippen molar-refractivity contribution in [3.8, 4) is 0 Å². The molecule has 0 aromatic carbocycles. The summed E-state index contributed by atoms with van der Waals surface area (Å²) in [6.45, 7) is 13.4. The molecule has 0 aliphatic heterocycles. The summed E-state index contributed by atoms with van der Waals surface area (Å²) in [6, 6.07) is 0. The Morgan fingerprint density at radius 3 is 2.00 bits per heavy atom. The largest absolute Gasteiger partial charge is 0.466 e. The Kier molecular flexibility index (Phi) is 5.84. The molecule has 0 amide bonds. The number of carbonyl (C=O) groups is 1. The van der Waals surface area contributed by atoms with Gasteiger partial charge in [-0.2, -0.15) is 0 Å². The third-order valence-corrected chi connectivity index (χ3v) is 4.75. The second kappa shape index (κ2) is 6.74. The van der Waals surface area contributed by atoms with E-state index in [0.717, 1.165) is 25.9 Å². The Labute approximate surface area is 118 Å². The summed E-state index contributed by atoms with van der Waals surface area (Å²) < 4.78 is 5.20. The van der Waals surface area contributed by atoms with E-state index in [-0.39, 0.29) is 11.5 Å². The molecule has 3 heteroatoms. The van der Waals surface area contributed by atoms with Crippen molar-refractivity contribution in [2.45, 2.75) is 72.3 Å². The van der Waals surface area contributed by atoms with Gasteiger partial charge < -0.3 is 4.74 Å². The van der Waals surface area contributed by atoms with E-state index in [4.69, 9.17) is 4.74 Å².